The third-order valence-electron chi connectivity index (χ3n) is 6.44. The van der Waals surface area contributed by atoms with Crippen molar-refractivity contribution >= 4 is 34.0 Å². The number of halogens is 1. The molecule has 0 aliphatic heterocycles. The van der Waals surface area contributed by atoms with Gasteiger partial charge in [-0.15, -0.1) is 23.7 Å². The van der Waals surface area contributed by atoms with E-state index in [2.05, 4.69) is 55.5 Å². The van der Waals surface area contributed by atoms with E-state index in [1.54, 1.807) is 10.4 Å². The molecule has 1 nitrogen and oxygen atoms in total. The van der Waals surface area contributed by atoms with Gasteiger partial charge in [-0.1, -0.05) is 54.1 Å². The standard InChI is InChI=1S/C26H23NS.ClH/c1-16-10-12-18(13-11-16)23-24-19-7-3-2-6-17(19)14-15-21(24)27-26-25(23)20-8-4-5-9-22(20)28-26;/h2-3,6-7,10-13H,4-5,8-9,14-15H2,1H3;1H. The third-order valence-corrected chi connectivity index (χ3v) is 7.62. The quantitative estimate of drug-likeness (QED) is 0.315. The van der Waals surface area contributed by atoms with Gasteiger partial charge in [-0.2, -0.15) is 0 Å². The summed E-state index contributed by atoms with van der Waals surface area (Å²) >= 11 is 1.95. The molecule has 2 heterocycles. The highest BCUT2D eigenvalue weighted by Gasteiger charge is 2.27. The van der Waals surface area contributed by atoms with Gasteiger partial charge in [0.2, 0.25) is 0 Å². The maximum atomic E-state index is 5.24. The van der Waals surface area contributed by atoms with E-state index in [0.29, 0.717) is 0 Å². The van der Waals surface area contributed by atoms with Crippen LogP contribution in [0.2, 0.25) is 0 Å². The van der Waals surface area contributed by atoms with Gasteiger partial charge in [0.25, 0.3) is 0 Å². The molecule has 0 spiro atoms. The van der Waals surface area contributed by atoms with Gasteiger partial charge in [0.1, 0.15) is 4.83 Å². The van der Waals surface area contributed by atoms with Gasteiger partial charge in [-0.05, 0) is 67.7 Å². The topological polar surface area (TPSA) is 12.9 Å². The van der Waals surface area contributed by atoms with Crippen LogP contribution in [0.4, 0.5) is 0 Å². The van der Waals surface area contributed by atoms with Crippen LogP contribution < -0.4 is 0 Å². The van der Waals surface area contributed by atoms with E-state index in [1.165, 1.54) is 75.0 Å². The average Bonchev–Trinajstić information content (AvgIpc) is 3.11. The molecule has 0 atom stereocenters. The molecular weight excluding hydrogens is 394 g/mol. The molecule has 2 aromatic heterocycles. The Morgan fingerprint density at radius 3 is 2.48 bits per heavy atom. The minimum Gasteiger partial charge on any atom is -0.241 e. The van der Waals surface area contributed by atoms with E-state index >= 15 is 0 Å². The van der Waals surface area contributed by atoms with Crippen molar-refractivity contribution in [3.8, 4) is 22.3 Å². The number of thiophene rings is 1. The van der Waals surface area contributed by atoms with E-state index in [4.69, 9.17) is 4.98 Å². The van der Waals surface area contributed by atoms with Crippen molar-refractivity contribution in [2.75, 3.05) is 0 Å². The van der Waals surface area contributed by atoms with Gasteiger partial charge in [0.15, 0.2) is 0 Å². The highest BCUT2D eigenvalue weighted by Crippen LogP contribution is 2.48. The van der Waals surface area contributed by atoms with Crippen molar-refractivity contribution in [3.05, 3.63) is 75.8 Å². The summed E-state index contributed by atoms with van der Waals surface area (Å²) in [6, 6.07) is 18.1. The van der Waals surface area contributed by atoms with Gasteiger partial charge in [0, 0.05) is 21.4 Å². The summed E-state index contributed by atoms with van der Waals surface area (Å²) in [5.74, 6) is 0. The van der Waals surface area contributed by atoms with Crippen LogP contribution in [0.15, 0.2) is 48.5 Å². The number of benzene rings is 2. The van der Waals surface area contributed by atoms with Crippen molar-refractivity contribution in [2.45, 2.75) is 45.4 Å². The molecule has 6 rings (SSSR count). The molecule has 0 N–H and O–H groups in total. The smallest absolute Gasteiger partial charge is 0.124 e. The summed E-state index contributed by atoms with van der Waals surface area (Å²) in [4.78, 5) is 8.09. The van der Waals surface area contributed by atoms with Crippen LogP contribution in [0, 0.1) is 6.92 Å². The van der Waals surface area contributed by atoms with E-state index in [-0.39, 0.29) is 12.4 Å². The third kappa shape index (κ3) is 2.93. The fourth-order valence-corrected chi connectivity index (χ4v) is 6.34. The second kappa shape index (κ2) is 7.27. The van der Waals surface area contributed by atoms with Crippen molar-refractivity contribution in [2.24, 2.45) is 0 Å². The highest BCUT2D eigenvalue weighted by molar-refractivity contribution is 7.19. The molecule has 2 aliphatic rings. The minimum atomic E-state index is 0. The molecule has 2 aliphatic carbocycles. The van der Waals surface area contributed by atoms with Gasteiger partial charge in [-0.3, -0.25) is 0 Å². The lowest BCUT2D eigenvalue weighted by molar-refractivity contribution is 0.700. The molecule has 0 saturated carbocycles. The van der Waals surface area contributed by atoms with Gasteiger partial charge < -0.3 is 0 Å². The normalized spacial score (nSPS) is 14.7. The molecule has 0 radical (unpaired) electrons. The van der Waals surface area contributed by atoms with Gasteiger partial charge >= 0.3 is 0 Å². The van der Waals surface area contributed by atoms with E-state index in [0.717, 1.165) is 12.8 Å². The number of aryl methyl sites for hydroxylation is 5. The van der Waals surface area contributed by atoms with Crippen LogP contribution in [-0.4, -0.2) is 4.98 Å². The first-order chi connectivity index (χ1) is 13.8. The first kappa shape index (κ1) is 18.8. The maximum absolute atomic E-state index is 5.24. The lowest BCUT2D eigenvalue weighted by atomic mass is 9.81. The lowest BCUT2D eigenvalue weighted by Gasteiger charge is -2.24. The molecule has 2 aromatic carbocycles. The van der Waals surface area contributed by atoms with Crippen LogP contribution in [0.3, 0.4) is 0 Å². The average molecular weight is 418 g/mol. The maximum Gasteiger partial charge on any atom is 0.124 e. The van der Waals surface area contributed by atoms with Crippen LogP contribution in [-0.2, 0) is 25.7 Å². The van der Waals surface area contributed by atoms with Crippen molar-refractivity contribution in [1.29, 1.82) is 0 Å². The number of hydrogen-bond donors (Lipinski definition) is 0. The van der Waals surface area contributed by atoms with Gasteiger partial charge in [0.05, 0.1) is 5.69 Å². The summed E-state index contributed by atoms with van der Waals surface area (Å²) in [5, 5.41) is 1.44. The van der Waals surface area contributed by atoms with Crippen LogP contribution in [0.5, 0.6) is 0 Å². The molecule has 0 saturated heterocycles. The van der Waals surface area contributed by atoms with Crippen LogP contribution >= 0.6 is 23.7 Å². The Balaban J connectivity index is 0.00000181. The molecule has 3 heteroatoms. The summed E-state index contributed by atoms with van der Waals surface area (Å²) in [6.07, 6.45) is 7.20. The Bertz CT molecular complexity index is 1220. The SMILES string of the molecule is Cc1ccc(-c2c3c(nc4sc5c(c24)CCCC5)CCc2ccccc2-3)cc1.Cl. The lowest BCUT2D eigenvalue weighted by Crippen LogP contribution is -2.08. The van der Waals surface area contributed by atoms with E-state index < -0.39 is 0 Å². The zero-order valence-corrected chi connectivity index (χ0v) is 18.3. The summed E-state index contributed by atoms with van der Waals surface area (Å²) < 4.78 is 0. The number of hydrogen-bond acceptors (Lipinski definition) is 2. The molecule has 29 heavy (non-hydrogen) atoms. The second-order valence-electron chi connectivity index (χ2n) is 8.22. The number of fused-ring (bicyclic) bond motifs is 6. The number of aromatic nitrogens is 1. The molecule has 146 valence electrons. The number of pyridine rings is 1. The van der Waals surface area contributed by atoms with Crippen molar-refractivity contribution < 1.29 is 0 Å². The molecule has 0 bridgehead atoms. The molecule has 4 aromatic rings. The van der Waals surface area contributed by atoms with Crippen LogP contribution in [0.1, 0.15) is 40.1 Å². The Morgan fingerprint density at radius 1 is 0.828 bits per heavy atom. The van der Waals surface area contributed by atoms with Crippen molar-refractivity contribution in [1.82, 2.24) is 4.98 Å². The number of nitrogens with zero attached hydrogens (tertiary/aromatic N) is 1. The Labute approximate surface area is 182 Å². The largest absolute Gasteiger partial charge is 0.241 e. The van der Waals surface area contributed by atoms with Gasteiger partial charge in [-0.25, -0.2) is 4.98 Å². The fraction of sp³-hybridized carbons (Fsp3) is 0.269. The predicted molar refractivity (Wildman–Crippen MR) is 127 cm³/mol. The fourth-order valence-electron chi connectivity index (χ4n) is 5.05. The van der Waals surface area contributed by atoms with Crippen LogP contribution in [0.25, 0.3) is 32.5 Å². The second-order valence-corrected chi connectivity index (χ2v) is 9.31. The molecule has 0 unspecified atom stereocenters. The molecule has 0 fully saturated rings. The van der Waals surface area contributed by atoms with Crippen molar-refractivity contribution in [3.63, 3.8) is 0 Å². The Hall–Kier alpha value is -2.16. The first-order valence-corrected chi connectivity index (χ1v) is 11.2. The monoisotopic (exact) mass is 417 g/mol. The predicted octanol–water partition coefficient (Wildman–Crippen LogP) is 7.34. The summed E-state index contributed by atoms with van der Waals surface area (Å²) in [5.41, 5.74) is 11.2. The Kier molecular flexibility index (Phi) is 4.72. The minimum absolute atomic E-state index is 0. The summed E-state index contributed by atoms with van der Waals surface area (Å²) in [7, 11) is 0. The zero-order chi connectivity index (χ0) is 18.7. The Morgan fingerprint density at radius 2 is 1.62 bits per heavy atom. The van der Waals surface area contributed by atoms with E-state index in [1.807, 2.05) is 11.3 Å². The number of rotatable bonds is 1. The highest BCUT2D eigenvalue weighted by atomic mass is 35.5. The summed E-state index contributed by atoms with van der Waals surface area (Å²) in [6.45, 7) is 2.17. The first-order valence-electron chi connectivity index (χ1n) is 10.4. The van der Waals surface area contributed by atoms with E-state index in [9.17, 15) is 0 Å². The molecular formula is C26H24ClNS. The zero-order valence-electron chi connectivity index (χ0n) is 16.6. The molecule has 0 amide bonds.